The highest BCUT2D eigenvalue weighted by Crippen LogP contribution is 2.37. The van der Waals surface area contributed by atoms with E-state index in [1.165, 1.54) is 25.0 Å². The number of halogens is 17. The van der Waals surface area contributed by atoms with E-state index in [9.17, 15) is 43.2 Å². The molecule has 0 saturated carbocycles. The summed E-state index contributed by atoms with van der Waals surface area (Å²) in [5, 5.41) is 0. The molecule has 0 N–H and O–H groups in total. The zero-order valence-electron chi connectivity index (χ0n) is 56.2. The minimum atomic E-state index is -0.607. The van der Waals surface area contributed by atoms with Crippen LogP contribution in [-0.2, 0) is 85.8 Å². The highest BCUT2D eigenvalue weighted by Gasteiger charge is 2.33. The Labute approximate surface area is 748 Å². The first-order chi connectivity index (χ1) is 49.2. The molecule has 104 heavy (non-hydrogen) atoms. The van der Waals surface area contributed by atoms with Crippen LogP contribution < -0.4 is 0 Å². The van der Waals surface area contributed by atoms with Crippen LogP contribution in [0.15, 0.2) is 182 Å². The highest BCUT2D eigenvalue weighted by molar-refractivity contribution is 9.29. The van der Waals surface area contributed by atoms with Crippen LogP contribution in [0.4, 0.5) is 0 Å². The molecule has 0 aromatic heterocycles. The van der Waals surface area contributed by atoms with Crippen molar-refractivity contribution in [2.45, 2.75) is 166 Å². The number of hydrogen-bond acceptors (Lipinski definition) is 18. The van der Waals surface area contributed by atoms with Gasteiger partial charge in [-0.25, -0.2) is 43.2 Å². The Morgan fingerprint density at radius 3 is 1.21 bits per heavy atom. The van der Waals surface area contributed by atoms with Crippen molar-refractivity contribution in [2.75, 3.05) is 0 Å². The van der Waals surface area contributed by atoms with Crippen molar-refractivity contribution in [3.05, 3.63) is 182 Å². The van der Waals surface area contributed by atoms with Gasteiger partial charge in [0.1, 0.15) is 28.8 Å². The highest BCUT2D eigenvalue weighted by atomic mass is 79.9. The summed E-state index contributed by atoms with van der Waals surface area (Å²) in [6.07, 6.45) is 29.8. The van der Waals surface area contributed by atoms with Crippen molar-refractivity contribution in [3.63, 3.8) is 0 Å². The molecule has 0 aromatic rings. The molecule has 8 aliphatic rings. The quantitative estimate of drug-likeness (QED) is 0.0322. The first kappa shape index (κ1) is 101. The van der Waals surface area contributed by atoms with E-state index >= 15 is 0 Å². The van der Waals surface area contributed by atoms with Crippen LogP contribution in [0, 0.1) is 0 Å². The number of unbranched alkanes of at least 4 members (excludes halogenated alkanes) is 5. The van der Waals surface area contributed by atoms with E-state index < -0.39 is 18.0 Å². The smallest absolute Gasteiger partial charge is 0.343 e. The molecule has 572 valence electrons. The Balaban J connectivity index is 0.000000599. The number of cyclic esters (lactones) is 8. The molecule has 3 unspecified atom stereocenters. The summed E-state index contributed by atoms with van der Waals surface area (Å²) in [6, 6.07) is 0. The van der Waals surface area contributed by atoms with Gasteiger partial charge in [-0.3, -0.25) is 0 Å². The third kappa shape index (κ3) is 38.0. The van der Waals surface area contributed by atoms with Crippen LogP contribution in [-0.4, -0.2) is 69.5 Å². The summed E-state index contributed by atoms with van der Waals surface area (Å²) in [4.78, 5) is 105. The Morgan fingerprint density at radius 1 is 0.423 bits per heavy atom. The predicted octanol–water partition coefficient (Wildman–Crippen LogP) is 26.3. The number of esters is 9. The first-order valence-electron chi connectivity index (χ1n) is 31.2. The van der Waals surface area contributed by atoms with Gasteiger partial charge in [-0.15, -0.1) is 0 Å². The van der Waals surface area contributed by atoms with E-state index in [1.54, 1.807) is 51.4 Å². The van der Waals surface area contributed by atoms with E-state index in [1.807, 2.05) is 6.92 Å². The van der Waals surface area contributed by atoms with Crippen LogP contribution in [0.25, 0.3) is 0 Å². The van der Waals surface area contributed by atoms with Gasteiger partial charge in [-0.05, 0) is 285 Å². The number of carbonyl (C=O) groups excluding carboxylic acids is 9. The number of carbonyl (C=O) groups is 9. The van der Waals surface area contributed by atoms with Crippen molar-refractivity contribution in [1.82, 2.24) is 0 Å². The Bertz CT molecular complexity index is 3670. The zero-order chi connectivity index (χ0) is 78.9. The molecule has 8 rings (SSSR count). The van der Waals surface area contributed by atoms with Crippen molar-refractivity contribution >= 4 is 325 Å². The lowest BCUT2D eigenvalue weighted by atomic mass is 10.1. The maximum absolute atomic E-state index is 11.7. The van der Waals surface area contributed by atoms with Crippen molar-refractivity contribution in [3.8, 4) is 0 Å². The van der Waals surface area contributed by atoms with Gasteiger partial charge in [-0.1, -0.05) is 179 Å². The fourth-order valence-electron chi connectivity index (χ4n) is 7.98. The van der Waals surface area contributed by atoms with Gasteiger partial charge in [0.2, 0.25) is 0 Å². The number of alkyl halides is 2. The molecule has 35 heteroatoms. The molecule has 0 aliphatic carbocycles. The second-order valence-electron chi connectivity index (χ2n) is 21.0. The minimum Gasteiger partial charge on any atom is -0.454 e. The molecule has 3 atom stereocenters. The molecule has 0 bridgehead atoms. The van der Waals surface area contributed by atoms with Gasteiger partial charge in [0.05, 0.1) is 31.3 Å². The Kier molecular flexibility index (Phi) is 54.6. The molecule has 0 aromatic carbocycles. The van der Waals surface area contributed by atoms with E-state index in [-0.39, 0.29) is 51.4 Å². The molecule has 0 spiro atoms. The fourth-order valence-corrected chi connectivity index (χ4v) is 13.8. The predicted molar refractivity (Wildman–Crippen MR) is 465 cm³/mol. The topological polar surface area (TPSA) is 237 Å². The van der Waals surface area contributed by atoms with Gasteiger partial charge in [0, 0.05) is 54.0 Å². The second-order valence-corrected chi connectivity index (χ2v) is 39.4. The van der Waals surface area contributed by atoms with Crippen molar-refractivity contribution in [2.24, 2.45) is 0 Å². The summed E-state index contributed by atoms with van der Waals surface area (Å²) in [5.41, 5.74) is 3.99. The van der Waals surface area contributed by atoms with Gasteiger partial charge < -0.3 is 42.6 Å². The molecule has 0 fully saturated rings. The summed E-state index contributed by atoms with van der Waals surface area (Å²) < 4.78 is 49.1. The van der Waals surface area contributed by atoms with Crippen LogP contribution >= 0.6 is 271 Å². The zero-order valence-corrected chi connectivity index (χ0v) is 83.1. The largest absolute Gasteiger partial charge is 0.454 e. The van der Waals surface area contributed by atoms with E-state index in [2.05, 4.69) is 321 Å². The molecule has 8 aliphatic heterocycles. The Hall–Kier alpha value is -1.03. The number of rotatable bonds is 22. The average Bonchev–Trinajstić information content (AvgIpc) is 1.71. The maximum atomic E-state index is 11.7. The average molecular weight is 2540 g/mol. The minimum absolute atomic E-state index is 0.0804. The van der Waals surface area contributed by atoms with Crippen LogP contribution in [0.2, 0.25) is 0 Å². The van der Waals surface area contributed by atoms with Crippen LogP contribution in [0.5, 0.6) is 0 Å². The summed E-state index contributed by atoms with van der Waals surface area (Å²) in [6.45, 7) is 15.8. The molecule has 0 amide bonds. The lowest BCUT2D eigenvalue weighted by Crippen LogP contribution is -2.22. The normalized spacial score (nSPS) is 17.8. The monoisotopic (exact) mass is 2530 g/mol. The van der Waals surface area contributed by atoms with Crippen LogP contribution in [0.1, 0.15) is 151 Å². The van der Waals surface area contributed by atoms with Crippen molar-refractivity contribution in [1.29, 1.82) is 0 Å². The Morgan fingerprint density at radius 2 is 0.856 bits per heavy atom. The summed E-state index contributed by atoms with van der Waals surface area (Å²) in [7, 11) is 0. The fraction of sp³-hybridized carbons (Fsp3) is 0.377. The number of ether oxygens (including phenoxy) is 9. The van der Waals surface area contributed by atoms with Crippen LogP contribution in [0.3, 0.4) is 0 Å². The molecule has 8 heterocycles. The first-order valence-corrected chi connectivity index (χ1v) is 45.3. The second kappa shape index (κ2) is 56.2. The third-order valence-corrected chi connectivity index (χ3v) is 21.7. The maximum Gasteiger partial charge on any atom is 0.343 e. The third-order valence-electron chi connectivity index (χ3n) is 13.2. The van der Waals surface area contributed by atoms with E-state index in [4.69, 9.17) is 33.2 Å². The molecule has 18 nitrogen and oxygen atoms in total. The number of hydrogen-bond donors (Lipinski definition) is 0. The van der Waals surface area contributed by atoms with Gasteiger partial charge >= 0.3 is 53.7 Å². The van der Waals surface area contributed by atoms with Gasteiger partial charge in [0.25, 0.3) is 0 Å². The summed E-state index contributed by atoms with van der Waals surface area (Å²) in [5.74, 6) is 1.29. The van der Waals surface area contributed by atoms with Crippen molar-refractivity contribution < 1.29 is 85.8 Å². The van der Waals surface area contributed by atoms with E-state index in [0.717, 1.165) is 117 Å². The lowest BCUT2D eigenvalue weighted by Gasteiger charge is -2.15. The molecule has 0 saturated heterocycles. The lowest BCUT2D eigenvalue weighted by molar-refractivity contribution is -0.144. The van der Waals surface area contributed by atoms with E-state index in [0.29, 0.717) is 90.7 Å². The van der Waals surface area contributed by atoms with Gasteiger partial charge in [-0.2, -0.15) is 0 Å². The molecular formula is C69H69Br17O18. The molecular weight excluding hydrogens is 2480 g/mol. The SMILES string of the molecule is C=CC(=O)OC(CCC)C1=CC(=C(Br)Br)OC1=O.CCCC(Br)C1=CC(=C(Br)Br)OC1=O.CCCCC1=C(Br)/C(=C/Br)OC1=O.CCCCC1=C/C(=C/Br)OC1=O.CCCCC1=CC(=C(Br)Br)OC1=O.CCCCCC(Br)C1=CC(=C(Br)Br)OC1=O.O=C1C=C(Br)/C(=C/Br)O1.O=C1C=CC(=C(Br)Br)O1. The number of allylic oxidation sites excluding steroid dienone is 8. The molecule has 0 radical (unpaired) electrons. The standard InChI is InChI=1S/C12H12Br2O4.C11H13Br3O2.C9H9Br3O2.2C9H10Br2O2.C9H11BrO2.2C5H2Br2O2/c1-3-5-8(17-10(15)4-2)7-6-9(11(13)14)18-12(7)16;1-2-3-4-5-8(12)7-6-9(10(13)14)16-11(7)15;1-2-3-6(10)5-4-7(8(11)12)14-9(5)13;1-2-3-4-6-8(11)7(5-10)13-9(6)12;1-2-3-4-6-5-7(8(10)11)13-9(6)12;1-2-3-4-7-5-8(6-10)12-9(7)11;6-2-4-3(7)1-5(8)9-4;6-5(7)3-1-2-4(8)9-3/h4,6,8H,2-3,5H2,1H3;6,8H,2-5H2,1H3;4,6H,2-3H2,1H3;2*5H,2-4H2,1H3;5-6H,2-4H2,1H3;2*1-2H/b;;;7-5-;;8-6-;4-2-;. The van der Waals surface area contributed by atoms with Gasteiger partial charge in [0.15, 0.2) is 40.3 Å². The summed E-state index contributed by atoms with van der Waals surface area (Å²) >= 11 is 54.5.